The molecule has 140 valence electrons. The van der Waals surface area contributed by atoms with Gasteiger partial charge in [-0.3, -0.25) is 14.6 Å². The molecule has 0 radical (unpaired) electrons. The van der Waals surface area contributed by atoms with Gasteiger partial charge in [0.05, 0.1) is 18.5 Å². The molecule has 0 aliphatic carbocycles. The first-order valence-electron chi connectivity index (χ1n) is 9.49. The van der Waals surface area contributed by atoms with Gasteiger partial charge in [-0.15, -0.1) is 0 Å². The van der Waals surface area contributed by atoms with Gasteiger partial charge < -0.3 is 4.74 Å². The molecular weight excluding hydrogens is 336 g/mol. The van der Waals surface area contributed by atoms with E-state index < -0.39 is 0 Å². The molecule has 1 saturated heterocycles. The third-order valence-electron chi connectivity index (χ3n) is 5.11. The van der Waals surface area contributed by atoms with E-state index in [1.807, 2.05) is 17.9 Å². The highest BCUT2D eigenvalue weighted by Crippen LogP contribution is 2.23. The molecule has 1 unspecified atom stereocenters. The minimum atomic E-state index is 0.0206. The number of aryl methyl sites for hydroxylation is 2. The lowest BCUT2D eigenvalue weighted by molar-refractivity contribution is -0.0350. The van der Waals surface area contributed by atoms with Gasteiger partial charge in [0, 0.05) is 50.6 Å². The summed E-state index contributed by atoms with van der Waals surface area (Å²) in [5.74, 6) is 0. The Labute approximate surface area is 160 Å². The van der Waals surface area contributed by atoms with E-state index >= 15 is 0 Å². The molecule has 4 rings (SSSR count). The first-order chi connectivity index (χ1) is 13.2. The van der Waals surface area contributed by atoms with Gasteiger partial charge in [0.25, 0.3) is 0 Å². The summed E-state index contributed by atoms with van der Waals surface area (Å²) in [4.78, 5) is 7.33. The molecule has 5 heteroatoms. The molecule has 27 heavy (non-hydrogen) atoms. The van der Waals surface area contributed by atoms with Crippen LogP contribution in [0.3, 0.4) is 0 Å². The van der Waals surface area contributed by atoms with Gasteiger partial charge in [-0.05, 0) is 30.2 Å². The van der Waals surface area contributed by atoms with E-state index in [0.717, 1.165) is 44.0 Å². The number of rotatable bonds is 5. The van der Waals surface area contributed by atoms with Crippen molar-refractivity contribution in [2.45, 2.75) is 26.0 Å². The average Bonchev–Trinajstić information content (AvgIpc) is 3.09. The van der Waals surface area contributed by atoms with Gasteiger partial charge in [0.2, 0.25) is 0 Å². The standard InChI is InChI=1S/C22H26N4O/c1-17-6-3-4-7-19(17)12-20-8-5-9-21(24-20)22-16-26(10-11-27-22)15-18-13-23-25(2)14-18/h3-9,13-14,22H,10-12,15-16H2,1-2H3. The molecule has 1 fully saturated rings. The van der Waals surface area contributed by atoms with Crippen LogP contribution in [-0.2, 0) is 24.8 Å². The highest BCUT2D eigenvalue weighted by molar-refractivity contribution is 5.30. The van der Waals surface area contributed by atoms with Gasteiger partial charge in [-0.25, -0.2) is 0 Å². The largest absolute Gasteiger partial charge is 0.369 e. The maximum atomic E-state index is 6.04. The van der Waals surface area contributed by atoms with Gasteiger partial charge in [0.1, 0.15) is 6.10 Å². The first-order valence-corrected chi connectivity index (χ1v) is 9.49. The molecule has 1 aliphatic rings. The lowest BCUT2D eigenvalue weighted by Crippen LogP contribution is -2.38. The summed E-state index contributed by atoms with van der Waals surface area (Å²) >= 11 is 0. The smallest absolute Gasteiger partial charge is 0.112 e. The monoisotopic (exact) mass is 362 g/mol. The van der Waals surface area contributed by atoms with Crippen LogP contribution in [0.5, 0.6) is 0 Å². The van der Waals surface area contributed by atoms with Gasteiger partial charge in [-0.1, -0.05) is 30.3 Å². The molecule has 0 spiro atoms. The zero-order valence-corrected chi connectivity index (χ0v) is 16.0. The van der Waals surface area contributed by atoms with Crippen LogP contribution >= 0.6 is 0 Å². The molecule has 0 bridgehead atoms. The Morgan fingerprint density at radius 1 is 1.15 bits per heavy atom. The molecule has 2 aromatic heterocycles. The summed E-state index contributed by atoms with van der Waals surface area (Å²) in [5.41, 5.74) is 5.98. The van der Waals surface area contributed by atoms with Gasteiger partial charge in [0.15, 0.2) is 0 Å². The van der Waals surface area contributed by atoms with Crippen molar-refractivity contribution < 1.29 is 4.74 Å². The van der Waals surface area contributed by atoms with Crippen LogP contribution in [0.25, 0.3) is 0 Å². The minimum Gasteiger partial charge on any atom is -0.369 e. The lowest BCUT2D eigenvalue weighted by Gasteiger charge is -2.32. The van der Waals surface area contributed by atoms with Crippen LogP contribution in [-0.4, -0.2) is 39.4 Å². The Hall–Kier alpha value is -2.50. The molecule has 3 heterocycles. The van der Waals surface area contributed by atoms with Crippen molar-refractivity contribution in [3.8, 4) is 0 Å². The maximum Gasteiger partial charge on any atom is 0.112 e. The lowest BCUT2D eigenvalue weighted by atomic mass is 10.0. The number of benzene rings is 1. The third-order valence-corrected chi connectivity index (χ3v) is 5.11. The molecule has 1 atom stereocenters. The van der Waals surface area contributed by atoms with Crippen LogP contribution in [0.15, 0.2) is 54.9 Å². The van der Waals surface area contributed by atoms with Crippen LogP contribution < -0.4 is 0 Å². The topological polar surface area (TPSA) is 43.2 Å². The summed E-state index contributed by atoms with van der Waals surface area (Å²) in [6, 6.07) is 14.8. The average molecular weight is 362 g/mol. The van der Waals surface area contributed by atoms with Crippen LogP contribution in [0.1, 0.15) is 34.2 Å². The van der Waals surface area contributed by atoms with Crippen molar-refractivity contribution >= 4 is 0 Å². The van der Waals surface area contributed by atoms with Crippen LogP contribution in [0, 0.1) is 6.92 Å². The number of ether oxygens (including phenoxy) is 1. The van der Waals surface area contributed by atoms with Crippen LogP contribution in [0.2, 0.25) is 0 Å². The summed E-state index contributed by atoms with van der Waals surface area (Å²) in [7, 11) is 1.95. The first kappa shape index (κ1) is 17.9. The van der Waals surface area contributed by atoms with E-state index in [9.17, 15) is 0 Å². The molecule has 0 amide bonds. The summed E-state index contributed by atoms with van der Waals surface area (Å²) in [5, 5.41) is 4.26. The predicted molar refractivity (Wildman–Crippen MR) is 105 cm³/mol. The summed E-state index contributed by atoms with van der Waals surface area (Å²) in [6.07, 6.45) is 4.89. The number of morpholine rings is 1. The zero-order chi connectivity index (χ0) is 18.6. The number of hydrogen-bond donors (Lipinski definition) is 0. The fourth-order valence-electron chi connectivity index (χ4n) is 3.62. The van der Waals surface area contributed by atoms with Crippen molar-refractivity contribution in [3.05, 3.63) is 82.9 Å². The Morgan fingerprint density at radius 2 is 2.04 bits per heavy atom. The Kier molecular flexibility index (Phi) is 5.32. The summed E-state index contributed by atoms with van der Waals surface area (Å²) < 4.78 is 7.89. The van der Waals surface area contributed by atoms with Crippen molar-refractivity contribution in [1.82, 2.24) is 19.7 Å². The van der Waals surface area contributed by atoms with Gasteiger partial charge in [-0.2, -0.15) is 5.10 Å². The SMILES string of the molecule is Cc1ccccc1Cc1cccc(C2CN(Cc3cnn(C)c3)CCO2)n1. The highest BCUT2D eigenvalue weighted by Gasteiger charge is 2.23. The fraction of sp³-hybridized carbons (Fsp3) is 0.364. The van der Waals surface area contributed by atoms with E-state index in [2.05, 4.69) is 65.6 Å². The van der Waals surface area contributed by atoms with Crippen molar-refractivity contribution in [1.29, 1.82) is 0 Å². The Balaban J connectivity index is 1.45. The second kappa shape index (κ2) is 8.03. The highest BCUT2D eigenvalue weighted by atomic mass is 16.5. The van der Waals surface area contributed by atoms with Crippen LogP contribution in [0.4, 0.5) is 0 Å². The molecule has 1 aliphatic heterocycles. The Morgan fingerprint density at radius 3 is 2.85 bits per heavy atom. The minimum absolute atomic E-state index is 0.0206. The molecule has 0 saturated carbocycles. The number of aromatic nitrogens is 3. The fourth-order valence-corrected chi connectivity index (χ4v) is 3.62. The predicted octanol–water partition coefficient (Wildman–Crippen LogP) is 3.29. The quantitative estimate of drug-likeness (QED) is 0.699. The zero-order valence-electron chi connectivity index (χ0n) is 16.0. The third kappa shape index (κ3) is 4.43. The molecular formula is C22H26N4O. The number of pyridine rings is 1. The maximum absolute atomic E-state index is 6.04. The van der Waals surface area contributed by atoms with Gasteiger partial charge >= 0.3 is 0 Å². The number of nitrogens with zero attached hydrogens (tertiary/aromatic N) is 4. The number of hydrogen-bond acceptors (Lipinski definition) is 4. The van der Waals surface area contributed by atoms with Crippen molar-refractivity contribution in [2.24, 2.45) is 7.05 Å². The van der Waals surface area contributed by atoms with E-state index in [1.54, 1.807) is 0 Å². The second-order valence-electron chi connectivity index (χ2n) is 7.27. The molecule has 3 aromatic rings. The van der Waals surface area contributed by atoms with E-state index in [-0.39, 0.29) is 6.10 Å². The normalized spacial score (nSPS) is 17.9. The van der Waals surface area contributed by atoms with E-state index in [4.69, 9.17) is 9.72 Å². The van der Waals surface area contributed by atoms with Crippen molar-refractivity contribution in [2.75, 3.05) is 19.7 Å². The second-order valence-corrected chi connectivity index (χ2v) is 7.27. The summed E-state index contributed by atoms with van der Waals surface area (Å²) in [6.45, 7) is 5.58. The molecule has 1 aromatic carbocycles. The van der Waals surface area contributed by atoms with E-state index in [0.29, 0.717) is 0 Å². The molecule has 5 nitrogen and oxygen atoms in total. The Bertz CT molecular complexity index is 905. The van der Waals surface area contributed by atoms with E-state index in [1.165, 1.54) is 16.7 Å². The molecule has 0 N–H and O–H groups in total. The van der Waals surface area contributed by atoms with Crippen molar-refractivity contribution in [3.63, 3.8) is 0 Å².